The van der Waals surface area contributed by atoms with Gasteiger partial charge in [0.15, 0.2) is 0 Å². The number of nitrogens with one attached hydrogen (secondary N) is 3. The minimum atomic E-state index is -3.90. The molecule has 176 valence electrons. The predicted octanol–water partition coefficient (Wildman–Crippen LogP) is 4.38. The van der Waals surface area contributed by atoms with E-state index < -0.39 is 16.1 Å². The number of sulfonamides is 1. The van der Waals surface area contributed by atoms with Gasteiger partial charge in [0.2, 0.25) is 15.9 Å². The molecule has 0 aliphatic rings. The first-order valence-electron chi connectivity index (χ1n) is 11.0. The summed E-state index contributed by atoms with van der Waals surface area (Å²) in [4.78, 5) is 16.4. The Morgan fingerprint density at radius 1 is 1.00 bits per heavy atom. The fraction of sp³-hybridized carbons (Fsp3) is 0.192. The van der Waals surface area contributed by atoms with Crippen LogP contribution >= 0.6 is 11.6 Å². The van der Waals surface area contributed by atoms with Crippen LogP contribution in [0.15, 0.2) is 83.9 Å². The number of rotatable bonds is 9. The van der Waals surface area contributed by atoms with Crippen LogP contribution < -0.4 is 10.0 Å². The third-order valence-electron chi connectivity index (χ3n) is 5.67. The number of aromatic amines is 1. The molecule has 0 aliphatic carbocycles. The number of aromatic nitrogens is 1. The van der Waals surface area contributed by atoms with Crippen molar-refractivity contribution in [3.05, 3.63) is 101 Å². The van der Waals surface area contributed by atoms with E-state index in [4.69, 9.17) is 11.6 Å². The summed E-state index contributed by atoms with van der Waals surface area (Å²) in [6.07, 6.45) is 2.63. The second kappa shape index (κ2) is 10.4. The molecule has 34 heavy (non-hydrogen) atoms. The van der Waals surface area contributed by atoms with Gasteiger partial charge in [-0.15, -0.1) is 0 Å². The van der Waals surface area contributed by atoms with Crippen LogP contribution in [0.4, 0.5) is 0 Å². The van der Waals surface area contributed by atoms with Crippen LogP contribution in [-0.4, -0.2) is 31.9 Å². The SMILES string of the molecule is Cc1ccc(S(=O)(=O)NC(Cc2c[nH]c3ccccc23)C(=O)NCCc2ccc(Cl)cc2)cc1. The molecular weight excluding hydrogens is 470 g/mol. The van der Waals surface area contributed by atoms with Gasteiger partial charge in [-0.05, 0) is 61.2 Å². The number of benzene rings is 3. The van der Waals surface area contributed by atoms with Crippen molar-refractivity contribution in [3.8, 4) is 0 Å². The second-order valence-corrected chi connectivity index (χ2v) is 10.4. The van der Waals surface area contributed by atoms with Gasteiger partial charge in [0.25, 0.3) is 0 Å². The Balaban J connectivity index is 1.53. The summed E-state index contributed by atoms with van der Waals surface area (Å²) >= 11 is 5.93. The molecule has 0 saturated heterocycles. The highest BCUT2D eigenvalue weighted by Crippen LogP contribution is 2.20. The van der Waals surface area contributed by atoms with E-state index in [0.717, 1.165) is 27.6 Å². The van der Waals surface area contributed by atoms with Gasteiger partial charge < -0.3 is 10.3 Å². The van der Waals surface area contributed by atoms with Crippen LogP contribution in [0.1, 0.15) is 16.7 Å². The zero-order chi connectivity index (χ0) is 24.1. The molecule has 1 heterocycles. The minimum absolute atomic E-state index is 0.121. The third kappa shape index (κ3) is 5.86. The molecule has 0 bridgehead atoms. The van der Waals surface area contributed by atoms with Gasteiger partial charge in [-0.25, -0.2) is 8.42 Å². The molecule has 3 N–H and O–H groups in total. The molecule has 0 fully saturated rings. The van der Waals surface area contributed by atoms with Crippen LogP contribution in [0.25, 0.3) is 10.9 Å². The van der Waals surface area contributed by atoms with Crippen molar-refractivity contribution < 1.29 is 13.2 Å². The van der Waals surface area contributed by atoms with Crippen molar-refractivity contribution in [2.45, 2.75) is 30.7 Å². The minimum Gasteiger partial charge on any atom is -0.361 e. The van der Waals surface area contributed by atoms with Gasteiger partial charge in [-0.3, -0.25) is 4.79 Å². The van der Waals surface area contributed by atoms with E-state index in [1.165, 1.54) is 0 Å². The Morgan fingerprint density at radius 2 is 1.71 bits per heavy atom. The van der Waals surface area contributed by atoms with Crippen LogP contribution in [0, 0.1) is 6.92 Å². The smallest absolute Gasteiger partial charge is 0.241 e. The van der Waals surface area contributed by atoms with Crippen LogP contribution in [0.3, 0.4) is 0 Å². The molecule has 8 heteroatoms. The first-order chi connectivity index (χ1) is 16.3. The molecule has 1 unspecified atom stereocenters. The number of aryl methyl sites for hydroxylation is 1. The normalized spacial score (nSPS) is 12.5. The summed E-state index contributed by atoms with van der Waals surface area (Å²) in [6.45, 7) is 2.26. The second-order valence-electron chi connectivity index (χ2n) is 8.22. The average Bonchev–Trinajstić information content (AvgIpc) is 3.23. The van der Waals surface area contributed by atoms with Crippen molar-refractivity contribution in [3.63, 3.8) is 0 Å². The molecule has 1 aromatic heterocycles. The van der Waals surface area contributed by atoms with E-state index in [2.05, 4.69) is 15.0 Å². The molecule has 0 saturated carbocycles. The highest BCUT2D eigenvalue weighted by Gasteiger charge is 2.26. The summed E-state index contributed by atoms with van der Waals surface area (Å²) in [5.74, 6) is -0.380. The Labute approximate surface area is 204 Å². The highest BCUT2D eigenvalue weighted by atomic mass is 35.5. The topological polar surface area (TPSA) is 91.1 Å². The number of halogens is 1. The lowest BCUT2D eigenvalue weighted by Crippen LogP contribution is -2.48. The van der Waals surface area contributed by atoms with Gasteiger partial charge >= 0.3 is 0 Å². The summed E-state index contributed by atoms with van der Waals surface area (Å²) in [7, 11) is -3.90. The largest absolute Gasteiger partial charge is 0.361 e. The zero-order valence-electron chi connectivity index (χ0n) is 18.7. The molecular formula is C26H26ClN3O3S. The molecule has 4 rings (SSSR count). The Kier molecular flexibility index (Phi) is 7.36. The Hall–Kier alpha value is -3.13. The van der Waals surface area contributed by atoms with E-state index in [-0.39, 0.29) is 17.2 Å². The summed E-state index contributed by atoms with van der Waals surface area (Å²) in [6, 6.07) is 20.7. The van der Waals surface area contributed by atoms with Crippen LogP contribution in [0.5, 0.6) is 0 Å². The Morgan fingerprint density at radius 3 is 2.44 bits per heavy atom. The first-order valence-corrected chi connectivity index (χ1v) is 12.8. The number of fused-ring (bicyclic) bond motifs is 1. The maximum absolute atomic E-state index is 13.1. The fourth-order valence-electron chi connectivity index (χ4n) is 3.79. The number of hydrogen-bond donors (Lipinski definition) is 3. The molecule has 0 aliphatic heterocycles. The van der Waals surface area contributed by atoms with E-state index >= 15 is 0 Å². The van der Waals surface area contributed by atoms with Gasteiger partial charge in [0, 0.05) is 28.7 Å². The van der Waals surface area contributed by atoms with Crippen molar-refractivity contribution >= 4 is 38.4 Å². The standard InChI is InChI=1S/C26H26ClN3O3S/c1-18-6-12-22(13-7-18)34(32,33)30-25(16-20-17-29-24-5-3-2-4-23(20)24)26(31)28-15-14-19-8-10-21(27)11-9-19/h2-13,17,25,29-30H,14-16H2,1H3,(H,28,31). The van der Waals surface area contributed by atoms with Crippen LogP contribution in [-0.2, 0) is 27.7 Å². The van der Waals surface area contributed by atoms with E-state index in [1.807, 2.05) is 49.5 Å². The lowest BCUT2D eigenvalue weighted by Gasteiger charge is -2.19. The quantitative estimate of drug-likeness (QED) is 0.322. The lowest BCUT2D eigenvalue weighted by atomic mass is 10.0. The molecule has 1 amide bonds. The van der Waals surface area contributed by atoms with E-state index in [0.29, 0.717) is 18.0 Å². The monoisotopic (exact) mass is 495 g/mol. The maximum atomic E-state index is 13.1. The first kappa shape index (κ1) is 24.0. The number of carbonyl (C=O) groups is 1. The fourth-order valence-corrected chi connectivity index (χ4v) is 5.11. The summed E-state index contributed by atoms with van der Waals surface area (Å²) in [5, 5.41) is 4.49. The molecule has 0 radical (unpaired) electrons. The third-order valence-corrected chi connectivity index (χ3v) is 7.41. The molecule has 1 atom stereocenters. The molecule has 0 spiro atoms. The van der Waals surface area contributed by atoms with Crippen molar-refractivity contribution in [2.24, 2.45) is 0 Å². The van der Waals surface area contributed by atoms with Crippen molar-refractivity contribution in [1.82, 2.24) is 15.0 Å². The van der Waals surface area contributed by atoms with Gasteiger partial charge in [-0.1, -0.05) is 59.6 Å². The summed E-state index contributed by atoms with van der Waals surface area (Å²) < 4.78 is 28.7. The van der Waals surface area contributed by atoms with Crippen LogP contribution in [0.2, 0.25) is 5.02 Å². The number of carbonyl (C=O) groups excluding carboxylic acids is 1. The predicted molar refractivity (Wildman–Crippen MR) is 135 cm³/mol. The number of hydrogen-bond acceptors (Lipinski definition) is 3. The van der Waals surface area contributed by atoms with Crippen molar-refractivity contribution in [2.75, 3.05) is 6.54 Å². The number of para-hydroxylation sites is 1. The zero-order valence-corrected chi connectivity index (χ0v) is 20.3. The lowest BCUT2D eigenvalue weighted by molar-refractivity contribution is -0.122. The van der Waals surface area contributed by atoms with E-state index in [1.54, 1.807) is 36.4 Å². The molecule has 3 aromatic carbocycles. The number of amides is 1. The molecule has 6 nitrogen and oxygen atoms in total. The van der Waals surface area contributed by atoms with Gasteiger partial charge in [0.05, 0.1) is 4.90 Å². The highest BCUT2D eigenvalue weighted by molar-refractivity contribution is 7.89. The molecule has 4 aromatic rings. The maximum Gasteiger partial charge on any atom is 0.241 e. The number of H-pyrrole nitrogens is 1. The summed E-state index contributed by atoms with van der Waals surface area (Å²) in [5.41, 5.74) is 3.77. The van der Waals surface area contributed by atoms with Gasteiger partial charge in [-0.2, -0.15) is 4.72 Å². The van der Waals surface area contributed by atoms with Gasteiger partial charge in [0.1, 0.15) is 6.04 Å². The average molecular weight is 496 g/mol. The van der Waals surface area contributed by atoms with Crippen molar-refractivity contribution in [1.29, 1.82) is 0 Å². The van der Waals surface area contributed by atoms with E-state index in [9.17, 15) is 13.2 Å². The Bertz CT molecular complexity index is 1380.